The molecule has 0 aliphatic rings. The average Bonchev–Trinajstić information content (AvgIpc) is 2.68. The highest BCUT2D eigenvalue weighted by Gasteiger charge is 2.11. The van der Waals surface area contributed by atoms with Crippen LogP contribution in [0.15, 0.2) is 59.7 Å². The molecule has 1 heterocycles. The number of hydrazone groups is 1. The van der Waals surface area contributed by atoms with Crippen molar-refractivity contribution >= 4 is 23.0 Å². The molecule has 1 amide bonds. The van der Waals surface area contributed by atoms with Crippen molar-refractivity contribution in [1.82, 2.24) is 10.4 Å². The minimum absolute atomic E-state index is 0.0888. The highest BCUT2D eigenvalue weighted by atomic mass is 19.3. The third-order valence-corrected chi connectivity index (χ3v) is 3.61. The fourth-order valence-electron chi connectivity index (χ4n) is 2.37. The summed E-state index contributed by atoms with van der Waals surface area (Å²) in [6.45, 7) is -2.95. The van der Waals surface area contributed by atoms with Crippen molar-refractivity contribution in [2.45, 2.75) is 6.61 Å². The summed E-state index contributed by atoms with van der Waals surface area (Å²) in [6, 6.07) is 15.1. The Morgan fingerprint density at radius 1 is 1.15 bits per heavy atom. The van der Waals surface area contributed by atoms with E-state index in [1.54, 1.807) is 12.1 Å². The van der Waals surface area contributed by atoms with Crippen LogP contribution >= 0.6 is 0 Å². The number of para-hydroxylation sites is 1. The lowest BCUT2D eigenvalue weighted by Gasteiger charge is -2.09. The molecular weight excluding hydrogens is 356 g/mol. The second-order valence-corrected chi connectivity index (χ2v) is 5.38. The first kappa shape index (κ1) is 18.2. The van der Waals surface area contributed by atoms with Crippen LogP contribution in [0.4, 0.5) is 8.78 Å². The van der Waals surface area contributed by atoms with Crippen LogP contribution in [0.2, 0.25) is 0 Å². The maximum Gasteiger partial charge on any atom is 0.387 e. The molecule has 0 atom stereocenters. The SMILES string of the molecule is COc1cc(/C=N/NC(=O)c2ccc3ccccc3n2)ccc1OC(F)F. The van der Waals surface area contributed by atoms with E-state index >= 15 is 0 Å². The quantitative estimate of drug-likeness (QED) is 0.531. The third-order valence-electron chi connectivity index (χ3n) is 3.61. The van der Waals surface area contributed by atoms with E-state index in [1.807, 2.05) is 24.3 Å². The molecule has 0 unspecified atom stereocenters. The van der Waals surface area contributed by atoms with Gasteiger partial charge in [0.15, 0.2) is 11.5 Å². The number of pyridine rings is 1. The van der Waals surface area contributed by atoms with E-state index in [4.69, 9.17) is 4.74 Å². The molecule has 0 fully saturated rings. The van der Waals surface area contributed by atoms with Gasteiger partial charge >= 0.3 is 6.61 Å². The van der Waals surface area contributed by atoms with Crippen LogP contribution in [-0.2, 0) is 0 Å². The van der Waals surface area contributed by atoms with Crippen molar-refractivity contribution in [3.8, 4) is 11.5 Å². The first-order valence-corrected chi connectivity index (χ1v) is 7.89. The van der Waals surface area contributed by atoms with Crippen molar-refractivity contribution in [2.75, 3.05) is 7.11 Å². The number of hydrogen-bond donors (Lipinski definition) is 1. The number of ether oxygens (including phenoxy) is 2. The Balaban J connectivity index is 1.69. The van der Waals surface area contributed by atoms with Crippen molar-refractivity contribution < 1.29 is 23.0 Å². The zero-order valence-corrected chi connectivity index (χ0v) is 14.2. The normalized spacial score (nSPS) is 11.1. The second kappa shape index (κ2) is 8.22. The van der Waals surface area contributed by atoms with Gasteiger partial charge in [0.05, 0.1) is 18.8 Å². The van der Waals surface area contributed by atoms with Crippen molar-refractivity contribution in [1.29, 1.82) is 0 Å². The summed E-state index contributed by atoms with van der Waals surface area (Å²) in [7, 11) is 1.34. The number of aromatic nitrogens is 1. The molecule has 8 heteroatoms. The Bertz CT molecular complexity index is 993. The number of carbonyl (C=O) groups excluding carboxylic acids is 1. The van der Waals surface area contributed by atoms with Crippen LogP contribution in [0.1, 0.15) is 16.1 Å². The first-order valence-electron chi connectivity index (χ1n) is 7.89. The van der Waals surface area contributed by atoms with Crippen LogP contribution in [0, 0.1) is 0 Å². The molecular formula is C19H15F2N3O3. The molecule has 0 aliphatic carbocycles. The van der Waals surface area contributed by atoms with Crippen molar-refractivity contribution in [2.24, 2.45) is 5.10 Å². The minimum Gasteiger partial charge on any atom is -0.493 e. The number of fused-ring (bicyclic) bond motifs is 1. The van der Waals surface area contributed by atoms with E-state index in [2.05, 4.69) is 20.2 Å². The van der Waals surface area contributed by atoms with Crippen LogP contribution < -0.4 is 14.9 Å². The molecule has 3 aromatic rings. The van der Waals surface area contributed by atoms with Crippen LogP contribution in [-0.4, -0.2) is 30.8 Å². The van der Waals surface area contributed by atoms with E-state index < -0.39 is 12.5 Å². The Hall–Kier alpha value is -3.55. The smallest absolute Gasteiger partial charge is 0.387 e. The monoisotopic (exact) mass is 371 g/mol. The standard InChI is InChI=1S/C19H15F2N3O3/c1-26-17-10-12(6-9-16(17)27-19(20)21)11-22-24-18(25)15-8-7-13-4-2-3-5-14(13)23-15/h2-11,19H,1H3,(H,24,25)/b22-11+. The Kier molecular flexibility index (Phi) is 5.55. The zero-order valence-electron chi connectivity index (χ0n) is 14.2. The summed E-state index contributed by atoms with van der Waals surface area (Å²) in [6.07, 6.45) is 1.35. The minimum atomic E-state index is -2.95. The maximum absolute atomic E-state index is 12.3. The molecule has 27 heavy (non-hydrogen) atoms. The number of hydrogen-bond acceptors (Lipinski definition) is 5. The second-order valence-electron chi connectivity index (χ2n) is 5.38. The summed E-state index contributed by atoms with van der Waals surface area (Å²) in [5.74, 6) is -0.433. The summed E-state index contributed by atoms with van der Waals surface area (Å²) in [5, 5.41) is 4.78. The Morgan fingerprint density at radius 2 is 1.96 bits per heavy atom. The highest BCUT2D eigenvalue weighted by molar-refractivity contribution is 5.95. The number of methoxy groups -OCH3 is 1. The van der Waals surface area contributed by atoms with E-state index in [9.17, 15) is 13.6 Å². The van der Waals surface area contributed by atoms with Gasteiger partial charge < -0.3 is 9.47 Å². The fraction of sp³-hybridized carbons (Fsp3) is 0.105. The number of halogens is 2. The number of carbonyl (C=O) groups is 1. The van der Waals surface area contributed by atoms with Crippen molar-refractivity contribution in [3.63, 3.8) is 0 Å². The van der Waals surface area contributed by atoms with Gasteiger partial charge in [-0.15, -0.1) is 0 Å². The van der Waals surface area contributed by atoms with Gasteiger partial charge in [0.1, 0.15) is 5.69 Å². The molecule has 138 valence electrons. The molecule has 1 N–H and O–H groups in total. The number of rotatable bonds is 6. The largest absolute Gasteiger partial charge is 0.493 e. The third kappa shape index (κ3) is 4.55. The van der Waals surface area contributed by atoms with Gasteiger partial charge in [-0.25, -0.2) is 10.4 Å². The average molecular weight is 371 g/mol. The van der Waals surface area contributed by atoms with E-state index in [0.717, 1.165) is 5.39 Å². The van der Waals surface area contributed by atoms with E-state index in [0.29, 0.717) is 11.1 Å². The molecule has 3 rings (SSSR count). The maximum atomic E-state index is 12.3. The predicted octanol–water partition coefficient (Wildman–Crippen LogP) is 3.61. The topological polar surface area (TPSA) is 72.8 Å². The van der Waals surface area contributed by atoms with E-state index in [1.165, 1.54) is 31.5 Å². The molecule has 0 bridgehead atoms. The first-order chi connectivity index (χ1) is 13.1. The molecule has 0 saturated heterocycles. The molecule has 0 aliphatic heterocycles. The van der Waals surface area contributed by atoms with Crippen LogP contribution in [0.5, 0.6) is 11.5 Å². The lowest BCUT2D eigenvalue weighted by molar-refractivity contribution is -0.0512. The van der Waals surface area contributed by atoms with Gasteiger partial charge in [0, 0.05) is 5.39 Å². The summed E-state index contributed by atoms with van der Waals surface area (Å²) < 4.78 is 34.0. The van der Waals surface area contributed by atoms with Gasteiger partial charge in [-0.2, -0.15) is 13.9 Å². The number of nitrogens with zero attached hydrogens (tertiary/aromatic N) is 2. The Labute approximate surface area is 153 Å². The Morgan fingerprint density at radius 3 is 2.74 bits per heavy atom. The molecule has 6 nitrogen and oxygen atoms in total. The van der Waals surface area contributed by atoms with Crippen LogP contribution in [0.3, 0.4) is 0 Å². The molecule has 0 spiro atoms. The summed E-state index contributed by atoms with van der Waals surface area (Å²) >= 11 is 0. The number of nitrogens with one attached hydrogen (secondary N) is 1. The predicted molar refractivity (Wildman–Crippen MR) is 96.4 cm³/mol. The highest BCUT2D eigenvalue weighted by Crippen LogP contribution is 2.28. The molecule has 1 aromatic heterocycles. The molecule has 0 radical (unpaired) electrons. The van der Waals surface area contributed by atoms with Gasteiger partial charge in [-0.1, -0.05) is 24.3 Å². The summed E-state index contributed by atoms with van der Waals surface area (Å²) in [4.78, 5) is 16.4. The van der Waals surface area contributed by atoms with E-state index in [-0.39, 0.29) is 17.2 Å². The lowest BCUT2D eigenvalue weighted by Crippen LogP contribution is -2.18. The van der Waals surface area contributed by atoms with Gasteiger partial charge in [-0.3, -0.25) is 4.79 Å². The number of benzene rings is 2. The fourth-order valence-corrected chi connectivity index (χ4v) is 2.37. The van der Waals surface area contributed by atoms with Gasteiger partial charge in [0.25, 0.3) is 5.91 Å². The lowest BCUT2D eigenvalue weighted by atomic mass is 10.2. The number of alkyl halides is 2. The summed E-state index contributed by atoms with van der Waals surface area (Å²) in [5.41, 5.74) is 3.83. The zero-order chi connectivity index (χ0) is 19.2. The van der Waals surface area contributed by atoms with Gasteiger partial charge in [0.2, 0.25) is 0 Å². The van der Waals surface area contributed by atoms with Crippen LogP contribution in [0.25, 0.3) is 10.9 Å². The molecule has 0 saturated carbocycles. The molecule has 2 aromatic carbocycles. The number of amides is 1. The van der Waals surface area contributed by atoms with Gasteiger partial charge in [-0.05, 0) is 35.9 Å². The van der Waals surface area contributed by atoms with Crippen molar-refractivity contribution in [3.05, 3.63) is 65.9 Å².